The quantitative estimate of drug-likeness (QED) is 0.637. The summed E-state index contributed by atoms with van der Waals surface area (Å²) in [5.74, 6) is -0.539. The number of nitrogen functional groups attached to an aromatic ring is 1. The van der Waals surface area contributed by atoms with E-state index >= 15 is 0 Å². The highest BCUT2D eigenvalue weighted by molar-refractivity contribution is 5.99. The number of esters is 1. The maximum Gasteiger partial charge on any atom is 0.340 e. The molecule has 0 bridgehead atoms. The highest BCUT2D eigenvalue weighted by Crippen LogP contribution is 2.29. The average Bonchev–Trinajstić information content (AvgIpc) is 2.44. The normalized spacial score (nSPS) is 11.5. The number of carbonyl (C=O) groups excluding carboxylic acids is 1. The summed E-state index contributed by atoms with van der Waals surface area (Å²) in [6.07, 6.45) is 0. The lowest BCUT2D eigenvalue weighted by atomic mass is 10.1. The van der Waals surface area contributed by atoms with Crippen molar-refractivity contribution in [1.82, 2.24) is 0 Å². The molecule has 0 spiro atoms. The molecular weight excluding hydrogens is 254 g/mol. The van der Waals surface area contributed by atoms with Gasteiger partial charge in [-0.3, -0.25) is 0 Å². The number of hydrogen-bond donors (Lipinski definition) is 1. The van der Waals surface area contributed by atoms with Crippen molar-refractivity contribution in [3.8, 4) is 6.07 Å². The highest BCUT2D eigenvalue weighted by Gasteiger charge is 2.20. The Morgan fingerprint density at radius 3 is 2.75 bits per heavy atom. The third-order valence-electron chi connectivity index (χ3n) is 2.98. The van der Waals surface area contributed by atoms with Crippen molar-refractivity contribution in [3.05, 3.63) is 23.8 Å². The van der Waals surface area contributed by atoms with Crippen molar-refractivity contribution in [2.75, 3.05) is 30.3 Å². The summed E-state index contributed by atoms with van der Waals surface area (Å²) in [7, 11) is 0. The Bertz CT molecular complexity index is 508. The molecule has 5 heteroatoms. The van der Waals surface area contributed by atoms with Crippen LogP contribution in [0.5, 0.6) is 0 Å². The Balaban J connectivity index is 3.19. The van der Waals surface area contributed by atoms with Crippen molar-refractivity contribution in [1.29, 1.82) is 5.26 Å². The lowest BCUT2D eigenvalue weighted by molar-refractivity contribution is 0.0527. The van der Waals surface area contributed by atoms with Crippen molar-refractivity contribution >= 4 is 17.3 Å². The first-order chi connectivity index (χ1) is 9.54. The molecule has 2 N–H and O–H groups in total. The fourth-order valence-corrected chi connectivity index (χ4v) is 2.04. The van der Waals surface area contributed by atoms with E-state index in [1.807, 2.05) is 18.7 Å². The fraction of sp³-hybridized carbons (Fsp3) is 0.467. The number of ether oxygens (including phenoxy) is 1. The SMILES string of the molecule is CCOC(=O)c1cccc(N)c1N(CC)CC(C)C#N. The zero-order chi connectivity index (χ0) is 15.1. The van der Waals surface area contributed by atoms with Crippen LogP contribution in [0.15, 0.2) is 18.2 Å². The number of para-hydroxylation sites is 1. The van der Waals surface area contributed by atoms with E-state index in [-0.39, 0.29) is 5.92 Å². The van der Waals surface area contributed by atoms with Gasteiger partial charge in [0.1, 0.15) is 0 Å². The standard InChI is InChI=1S/C15H21N3O2/c1-4-18(10-11(3)9-16)14-12(15(19)20-5-2)7-6-8-13(14)17/h6-8,11H,4-5,10,17H2,1-3H3. The third-order valence-corrected chi connectivity index (χ3v) is 2.98. The Kier molecular flexibility index (Phi) is 5.85. The maximum atomic E-state index is 12.0. The van der Waals surface area contributed by atoms with E-state index in [9.17, 15) is 4.79 Å². The van der Waals surface area contributed by atoms with Gasteiger partial charge in [0.05, 0.1) is 35.5 Å². The molecule has 1 aromatic rings. The molecule has 0 fully saturated rings. The van der Waals surface area contributed by atoms with Gasteiger partial charge >= 0.3 is 5.97 Å². The molecule has 20 heavy (non-hydrogen) atoms. The second-order valence-electron chi connectivity index (χ2n) is 4.53. The minimum absolute atomic E-state index is 0.149. The van der Waals surface area contributed by atoms with E-state index in [2.05, 4.69) is 6.07 Å². The largest absolute Gasteiger partial charge is 0.462 e. The number of benzene rings is 1. The zero-order valence-corrected chi connectivity index (χ0v) is 12.2. The van der Waals surface area contributed by atoms with E-state index in [0.717, 1.165) is 0 Å². The van der Waals surface area contributed by atoms with Crippen LogP contribution in [0.2, 0.25) is 0 Å². The zero-order valence-electron chi connectivity index (χ0n) is 12.2. The van der Waals surface area contributed by atoms with Gasteiger partial charge in [-0.2, -0.15) is 5.26 Å². The number of anilines is 2. The second-order valence-corrected chi connectivity index (χ2v) is 4.53. The fourth-order valence-electron chi connectivity index (χ4n) is 2.04. The second kappa shape index (κ2) is 7.39. The predicted molar refractivity (Wildman–Crippen MR) is 79.5 cm³/mol. The molecule has 0 aliphatic carbocycles. The van der Waals surface area contributed by atoms with Gasteiger partial charge in [0.25, 0.3) is 0 Å². The molecule has 1 unspecified atom stereocenters. The lowest BCUT2D eigenvalue weighted by Gasteiger charge is -2.27. The van der Waals surface area contributed by atoms with Gasteiger partial charge < -0.3 is 15.4 Å². The molecule has 0 aromatic heterocycles. The number of rotatable bonds is 6. The van der Waals surface area contributed by atoms with E-state index in [4.69, 9.17) is 15.7 Å². The number of nitrogens with zero attached hydrogens (tertiary/aromatic N) is 2. The van der Waals surface area contributed by atoms with Crippen LogP contribution in [0.1, 0.15) is 31.1 Å². The minimum atomic E-state index is -0.391. The van der Waals surface area contributed by atoms with Crippen molar-refractivity contribution < 1.29 is 9.53 Å². The smallest absolute Gasteiger partial charge is 0.340 e. The number of carbonyl (C=O) groups is 1. The first-order valence-electron chi connectivity index (χ1n) is 6.75. The van der Waals surface area contributed by atoms with Crippen molar-refractivity contribution in [2.24, 2.45) is 5.92 Å². The topological polar surface area (TPSA) is 79.3 Å². The Labute approximate surface area is 119 Å². The van der Waals surface area contributed by atoms with Crippen LogP contribution in [0, 0.1) is 17.2 Å². The van der Waals surface area contributed by atoms with Crippen molar-refractivity contribution in [3.63, 3.8) is 0 Å². The van der Waals surface area contributed by atoms with Gasteiger partial charge in [0.2, 0.25) is 0 Å². The average molecular weight is 275 g/mol. The van der Waals surface area contributed by atoms with Crippen LogP contribution in [0.4, 0.5) is 11.4 Å². The summed E-state index contributed by atoms with van der Waals surface area (Å²) in [6.45, 7) is 7.06. The van der Waals surface area contributed by atoms with Crippen LogP contribution in [0.25, 0.3) is 0 Å². The van der Waals surface area contributed by atoms with E-state index < -0.39 is 5.97 Å². The van der Waals surface area contributed by atoms with Gasteiger partial charge in [0, 0.05) is 13.1 Å². The van der Waals surface area contributed by atoms with E-state index in [1.54, 1.807) is 25.1 Å². The Morgan fingerprint density at radius 2 is 2.20 bits per heavy atom. The molecule has 0 heterocycles. The first-order valence-corrected chi connectivity index (χ1v) is 6.75. The number of hydrogen-bond acceptors (Lipinski definition) is 5. The molecule has 0 radical (unpaired) electrons. The molecule has 1 aromatic carbocycles. The number of nitriles is 1. The minimum Gasteiger partial charge on any atom is -0.462 e. The van der Waals surface area contributed by atoms with Crippen molar-refractivity contribution in [2.45, 2.75) is 20.8 Å². The van der Waals surface area contributed by atoms with Crippen LogP contribution in [0.3, 0.4) is 0 Å². The molecule has 1 rings (SSSR count). The molecule has 5 nitrogen and oxygen atoms in total. The summed E-state index contributed by atoms with van der Waals surface area (Å²) in [5, 5.41) is 8.96. The molecule has 0 saturated heterocycles. The van der Waals surface area contributed by atoms with E-state index in [0.29, 0.717) is 36.6 Å². The molecule has 0 amide bonds. The summed E-state index contributed by atoms with van der Waals surface area (Å²) in [5.41, 5.74) is 7.62. The van der Waals surface area contributed by atoms with Crippen LogP contribution in [-0.4, -0.2) is 25.7 Å². The molecule has 0 aliphatic heterocycles. The molecule has 108 valence electrons. The Morgan fingerprint density at radius 1 is 1.50 bits per heavy atom. The first kappa shape index (κ1) is 15.8. The highest BCUT2D eigenvalue weighted by atomic mass is 16.5. The number of nitrogens with two attached hydrogens (primary N) is 1. The van der Waals surface area contributed by atoms with Gasteiger partial charge in [-0.15, -0.1) is 0 Å². The lowest BCUT2D eigenvalue weighted by Crippen LogP contribution is -2.30. The van der Waals surface area contributed by atoms with Gasteiger partial charge in [-0.25, -0.2) is 4.79 Å². The van der Waals surface area contributed by atoms with Gasteiger partial charge in [0.15, 0.2) is 0 Å². The van der Waals surface area contributed by atoms with Crippen LogP contribution >= 0.6 is 0 Å². The van der Waals surface area contributed by atoms with Gasteiger partial charge in [-0.05, 0) is 32.9 Å². The molecule has 0 aliphatic rings. The van der Waals surface area contributed by atoms with Gasteiger partial charge in [-0.1, -0.05) is 6.07 Å². The summed E-state index contributed by atoms with van der Waals surface area (Å²) in [6, 6.07) is 7.37. The monoisotopic (exact) mass is 275 g/mol. The van der Waals surface area contributed by atoms with E-state index in [1.165, 1.54) is 0 Å². The maximum absolute atomic E-state index is 12.0. The molecule has 1 atom stereocenters. The van der Waals surface area contributed by atoms with Crippen LogP contribution in [-0.2, 0) is 4.74 Å². The van der Waals surface area contributed by atoms with Crippen LogP contribution < -0.4 is 10.6 Å². The summed E-state index contributed by atoms with van der Waals surface area (Å²) < 4.78 is 5.06. The molecule has 0 saturated carbocycles. The predicted octanol–water partition coefficient (Wildman–Crippen LogP) is 2.43. The molecular formula is C15H21N3O2. The summed E-state index contributed by atoms with van der Waals surface area (Å²) >= 11 is 0. The Hall–Kier alpha value is -2.22. The third kappa shape index (κ3) is 3.64. The summed E-state index contributed by atoms with van der Waals surface area (Å²) in [4.78, 5) is 14.0.